The van der Waals surface area contributed by atoms with Crippen LogP contribution in [0.1, 0.15) is 11.3 Å². The normalized spacial score (nSPS) is 19.2. The number of nitrogens with zero attached hydrogens (tertiary/aromatic N) is 3. The summed E-state index contributed by atoms with van der Waals surface area (Å²) < 4.78 is 10.7. The first-order chi connectivity index (χ1) is 17.9. The first-order valence-corrected chi connectivity index (χ1v) is 13.1. The van der Waals surface area contributed by atoms with Crippen molar-refractivity contribution in [3.05, 3.63) is 52.2 Å². The Morgan fingerprint density at radius 2 is 2.03 bits per heavy atom. The summed E-state index contributed by atoms with van der Waals surface area (Å²) in [7, 11) is 4.63. The Bertz CT molecular complexity index is 1240. The Morgan fingerprint density at radius 3 is 2.65 bits per heavy atom. The SMILES string of the molecule is CNCC1=C(C(=O)OCc2ccc(OC)cc2)N2C(=O)[C@@H](NC(=O)/C(=N\OC)c3csc(N)n3)[C@H]2SC1. The van der Waals surface area contributed by atoms with E-state index in [9.17, 15) is 14.4 Å². The van der Waals surface area contributed by atoms with Crippen LogP contribution in [0.2, 0.25) is 0 Å². The van der Waals surface area contributed by atoms with Gasteiger partial charge in [-0.3, -0.25) is 14.5 Å². The number of ether oxygens (including phenoxy) is 2. The molecule has 4 N–H and O–H groups in total. The molecule has 0 saturated carbocycles. The predicted octanol–water partition coefficient (Wildman–Crippen LogP) is 0.701. The largest absolute Gasteiger partial charge is 0.497 e. The molecule has 0 aliphatic carbocycles. The summed E-state index contributed by atoms with van der Waals surface area (Å²) in [5, 5.41) is 10.8. The molecule has 0 unspecified atom stereocenters. The lowest BCUT2D eigenvalue weighted by Gasteiger charge is -2.49. The zero-order valence-corrected chi connectivity index (χ0v) is 22.0. The monoisotopic (exact) mass is 546 g/mol. The number of fused-ring (bicyclic) bond motifs is 1. The number of anilines is 1. The molecular weight excluding hydrogens is 520 g/mol. The van der Waals surface area contributed by atoms with Crippen molar-refractivity contribution in [2.24, 2.45) is 5.16 Å². The van der Waals surface area contributed by atoms with Gasteiger partial charge in [0, 0.05) is 17.7 Å². The number of hydrogen-bond donors (Lipinski definition) is 3. The number of esters is 1. The number of nitrogen functional groups attached to an aromatic ring is 1. The number of likely N-dealkylation sites (N-methyl/N-ethyl adjacent to an activating group) is 1. The number of thioether (sulfide) groups is 1. The summed E-state index contributed by atoms with van der Waals surface area (Å²) >= 11 is 2.59. The molecule has 3 heterocycles. The first kappa shape index (κ1) is 26.4. The number of rotatable bonds is 10. The van der Waals surface area contributed by atoms with E-state index in [-0.39, 0.29) is 28.8 Å². The van der Waals surface area contributed by atoms with Crippen molar-refractivity contribution in [3.8, 4) is 5.75 Å². The summed E-state index contributed by atoms with van der Waals surface area (Å²) in [5.74, 6) is -0.498. The summed E-state index contributed by atoms with van der Waals surface area (Å²) in [4.78, 5) is 49.5. The van der Waals surface area contributed by atoms with Gasteiger partial charge in [-0.2, -0.15) is 0 Å². The lowest BCUT2D eigenvalue weighted by molar-refractivity contribution is -0.153. The van der Waals surface area contributed by atoms with Gasteiger partial charge in [0.1, 0.15) is 42.3 Å². The quantitative estimate of drug-likeness (QED) is 0.168. The average molecular weight is 547 g/mol. The number of carbonyl (C=O) groups is 3. The molecule has 0 spiro atoms. The Hall–Kier alpha value is -3.62. The van der Waals surface area contributed by atoms with Gasteiger partial charge < -0.3 is 30.7 Å². The van der Waals surface area contributed by atoms with Gasteiger partial charge in [-0.1, -0.05) is 17.3 Å². The number of hydrogen-bond acceptors (Lipinski definition) is 12. The molecule has 1 aromatic carbocycles. The van der Waals surface area contributed by atoms with E-state index in [0.717, 1.165) is 22.5 Å². The van der Waals surface area contributed by atoms with Gasteiger partial charge in [0.25, 0.3) is 11.8 Å². The van der Waals surface area contributed by atoms with Crippen LogP contribution in [0, 0.1) is 0 Å². The highest BCUT2D eigenvalue weighted by Crippen LogP contribution is 2.40. The van der Waals surface area contributed by atoms with E-state index in [0.29, 0.717) is 18.0 Å². The molecule has 0 bridgehead atoms. The Morgan fingerprint density at radius 1 is 1.27 bits per heavy atom. The number of nitrogens with two attached hydrogens (primary N) is 1. The standard InChI is InChI=1S/C23H26N6O6S2/c1-25-8-13-10-36-21-17(27-19(30)16(28-34-3)15-11-37-23(24)26-15)20(31)29(21)18(13)22(32)35-9-12-4-6-14(33-2)7-5-12/h4-7,11,17,21,25H,8-10H2,1-3H3,(H2,24,26)(H,27,30)/b28-16-/t17-,21-/m1/s1. The molecule has 14 heteroatoms. The van der Waals surface area contributed by atoms with Gasteiger partial charge in [-0.15, -0.1) is 23.1 Å². The maximum Gasteiger partial charge on any atom is 0.355 e. The van der Waals surface area contributed by atoms with E-state index < -0.39 is 29.2 Å². The molecule has 2 atom stereocenters. The number of nitrogens with one attached hydrogen (secondary N) is 2. The highest BCUT2D eigenvalue weighted by molar-refractivity contribution is 8.00. The molecule has 1 fully saturated rings. The van der Waals surface area contributed by atoms with Crippen LogP contribution in [0.25, 0.3) is 0 Å². The zero-order valence-electron chi connectivity index (χ0n) is 20.3. The molecule has 4 rings (SSSR count). The van der Waals surface area contributed by atoms with Crippen LogP contribution in [-0.2, 0) is 30.6 Å². The minimum Gasteiger partial charge on any atom is -0.497 e. The molecule has 37 heavy (non-hydrogen) atoms. The summed E-state index contributed by atoms with van der Waals surface area (Å²) in [6.45, 7) is 0.441. The van der Waals surface area contributed by atoms with Crippen LogP contribution in [0.4, 0.5) is 5.13 Å². The second-order valence-corrected chi connectivity index (χ2v) is 9.96. The molecule has 0 radical (unpaired) electrons. The number of β-lactam (4-membered cyclic amide) rings is 1. The predicted molar refractivity (Wildman–Crippen MR) is 139 cm³/mol. The zero-order chi connectivity index (χ0) is 26.5. The molecule has 2 aliphatic heterocycles. The summed E-state index contributed by atoms with van der Waals surface area (Å²) in [6.07, 6.45) is 0. The molecule has 2 amide bonds. The highest BCUT2D eigenvalue weighted by Gasteiger charge is 2.54. The number of amides is 2. The molecular formula is C23H26N6O6S2. The van der Waals surface area contributed by atoms with E-state index in [1.807, 2.05) is 0 Å². The third-order valence-electron chi connectivity index (χ3n) is 5.61. The number of aromatic nitrogens is 1. The van der Waals surface area contributed by atoms with E-state index in [2.05, 4.69) is 20.8 Å². The van der Waals surface area contributed by atoms with Crippen molar-refractivity contribution in [1.29, 1.82) is 0 Å². The van der Waals surface area contributed by atoms with Crippen molar-refractivity contribution >= 4 is 51.7 Å². The van der Waals surface area contributed by atoms with E-state index in [1.165, 1.54) is 23.8 Å². The lowest BCUT2D eigenvalue weighted by atomic mass is 10.0. The van der Waals surface area contributed by atoms with Crippen LogP contribution in [-0.4, -0.2) is 78.4 Å². The Kier molecular flexibility index (Phi) is 8.31. The van der Waals surface area contributed by atoms with Crippen LogP contribution < -0.4 is 21.1 Å². The number of oxime groups is 1. The Labute approximate surface area is 221 Å². The first-order valence-electron chi connectivity index (χ1n) is 11.1. The topological polar surface area (TPSA) is 157 Å². The lowest BCUT2D eigenvalue weighted by Crippen LogP contribution is -2.71. The second kappa shape index (κ2) is 11.6. The second-order valence-electron chi connectivity index (χ2n) is 7.96. The van der Waals surface area contributed by atoms with Crippen LogP contribution >= 0.6 is 23.1 Å². The number of methoxy groups -OCH3 is 1. The fourth-order valence-electron chi connectivity index (χ4n) is 3.86. The molecule has 1 saturated heterocycles. The van der Waals surface area contributed by atoms with Crippen molar-refractivity contribution in [3.63, 3.8) is 0 Å². The summed E-state index contributed by atoms with van der Waals surface area (Å²) in [6, 6.07) is 6.27. The van der Waals surface area contributed by atoms with Crippen LogP contribution in [0.3, 0.4) is 0 Å². The molecule has 196 valence electrons. The van der Waals surface area contributed by atoms with E-state index in [1.54, 1.807) is 43.8 Å². The summed E-state index contributed by atoms with van der Waals surface area (Å²) in [5.41, 5.74) is 7.52. The van der Waals surface area contributed by atoms with Crippen molar-refractivity contribution in [2.45, 2.75) is 18.0 Å². The smallest absolute Gasteiger partial charge is 0.355 e. The number of carbonyl (C=O) groups excluding carboxylic acids is 3. The van der Waals surface area contributed by atoms with E-state index >= 15 is 0 Å². The van der Waals surface area contributed by atoms with Gasteiger partial charge in [-0.05, 0) is 30.3 Å². The minimum absolute atomic E-state index is 0.0345. The van der Waals surface area contributed by atoms with Gasteiger partial charge in [0.05, 0.1) is 7.11 Å². The van der Waals surface area contributed by atoms with Crippen LogP contribution in [0.15, 0.2) is 46.1 Å². The average Bonchev–Trinajstić information content (AvgIpc) is 3.34. The van der Waals surface area contributed by atoms with Gasteiger partial charge >= 0.3 is 5.97 Å². The maximum atomic E-state index is 13.2. The number of thiazole rings is 1. The number of benzene rings is 1. The van der Waals surface area contributed by atoms with Crippen molar-refractivity contribution in [1.82, 2.24) is 20.5 Å². The highest BCUT2D eigenvalue weighted by atomic mass is 32.2. The fraction of sp³-hybridized carbons (Fsp3) is 0.348. The molecule has 12 nitrogen and oxygen atoms in total. The van der Waals surface area contributed by atoms with Gasteiger partial charge in [0.2, 0.25) is 0 Å². The Balaban J connectivity index is 1.48. The third-order valence-corrected chi connectivity index (χ3v) is 7.62. The van der Waals surface area contributed by atoms with Gasteiger partial charge in [0.15, 0.2) is 10.8 Å². The third kappa shape index (κ3) is 5.55. The molecule has 1 aromatic heterocycles. The van der Waals surface area contributed by atoms with Gasteiger partial charge in [-0.25, -0.2) is 9.78 Å². The molecule has 2 aliphatic rings. The van der Waals surface area contributed by atoms with E-state index in [4.69, 9.17) is 20.0 Å². The minimum atomic E-state index is -0.865. The maximum absolute atomic E-state index is 13.2. The fourth-order valence-corrected chi connectivity index (χ4v) is 5.76. The van der Waals surface area contributed by atoms with Crippen molar-refractivity contribution in [2.75, 3.05) is 39.3 Å². The molecule has 2 aromatic rings. The van der Waals surface area contributed by atoms with Crippen molar-refractivity contribution < 1.29 is 28.7 Å². The van der Waals surface area contributed by atoms with Crippen LogP contribution in [0.5, 0.6) is 5.75 Å².